The number of carboxylic acid groups (broad SMARTS) is 1. The summed E-state index contributed by atoms with van der Waals surface area (Å²) in [6.07, 6.45) is 4.40. The molecule has 2 aliphatic rings. The Morgan fingerprint density at radius 2 is 1.89 bits per heavy atom. The van der Waals surface area contributed by atoms with Gasteiger partial charge in [-0.15, -0.1) is 11.3 Å². The zero-order valence-corrected chi connectivity index (χ0v) is 24.0. The summed E-state index contributed by atoms with van der Waals surface area (Å²) in [6, 6.07) is 5.52. The Labute approximate surface area is 229 Å². The van der Waals surface area contributed by atoms with Crippen molar-refractivity contribution in [3.8, 4) is 16.3 Å². The third-order valence-electron chi connectivity index (χ3n) is 7.63. The van der Waals surface area contributed by atoms with E-state index in [1.54, 1.807) is 17.4 Å². The molecule has 0 aliphatic carbocycles. The van der Waals surface area contributed by atoms with E-state index in [1.807, 2.05) is 18.3 Å². The minimum absolute atomic E-state index is 0.190. The summed E-state index contributed by atoms with van der Waals surface area (Å²) in [5.41, 5.74) is 1.97. The lowest BCUT2D eigenvalue weighted by Gasteiger charge is -2.43. The first-order chi connectivity index (χ1) is 18.0. The number of nitrogens with zero attached hydrogens (tertiary/aromatic N) is 4. The number of hydrogen-bond donors (Lipinski definition) is 1. The van der Waals surface area contributed by atoms with Crippen LogP contribution in [0.3, 0.4) is 0 Å². The number of hydrogen-bond acceptors (Lipinski definition) is 7. The maximum atomic E-state index is 13.2. The number of anilines is 1. The second-order valence-corrected chi connectivity index (χ2v) is 12.5. The molecule has 2 aliphatic heterocycles. The van der Waals surface area contributed by atoms with E-state index in [4.69, 9.17) is 14.6 Å². The summed E-state index contributed by atoms with van der Waals surface area (Å²) in [4.78, 5) is 21.3. The first kappa shape index (κ1) is 30.2. The maximum absolute atomic E-state index is 13.2. The zero-order chi connectivity index (χ0) is 27.9. The van der Waals surface area contributed by atoms with Crippen molar-refractivity contribution in [1.29, 1.82) is 0 Å². The Bertz CT molecular complexity index is 1020. The molecule has 1 aromatic heterocycles. The number of likely N-dealkylation sites (N-methyl/N-ethyl adjacent to an activating group) is 1. The number of rotatable bonds is 7. The van der Waals surface area contributed by atoms with Gasteiger partial charge in [-0.3, -0.25) is 9.69 Å². The zero-order valence-electron chi connectivity index (χ0n) is 23.2. The monoisotopic (exact) mass is 552 g/mol. The van der Waals surface area contributed by atoms with E-state index in [0.29, 0.717) is 17.4 Å². The van der Waals surface area contributed by atoms with Crippen LogP contribution < -0.4 is 9.64 Å². The number of aromatic nitrogens is 1. The second kappa shape index (κ2) is 13.7. The lowest BCUT2D eigenvalue weighted by Crippen LogP contribution is -2.44. The largest absolute Gasteiger partial charge is 0.483 e. The molecule has 4 rings (SSSR count). The summed E-state index contributed by atoms with van der Waals surface area (Å²) < 4.78 is 31.2. The van der Waals surface area contributed by atoms with Gasteiger partial charge in [0.05, 0.1) is 5.56 Å². The minimum atomic E-state index is -2.86. The van der Waals surface area contributed by atoms with E-state index in [0.717, 1.165) is 61.4 Å². The lowest BCUT2D eigenvalue weighted by atomic mass is 9.73. The Hall–Kier alpha value is -2.30. The molecule has 212 valence electrons. The average molecular weight is 553 g/mol. The van der Waals surface area contributed by atoms with E-state index in [-0.39, 0.29) is 17.6 Å². The fraction of sp³-hybridized carbons (Fsp3) is 0.643. The number of carbonyl (C=O) groups is 1. The molecule has 0 amide bonds. The molecule has 0 radical (unpaired) electrons. The van der Waals surface area contributed by atoms with Crippen LogP contribution in [0.15, 0.2) is 24.4 Å². The predicted octanol–water partition coefficient (Wildman–Crippen LogP) is 5.76. The van der Waals surface area contributed by atoms with Crippen LogP contribution in [-0.2, 0) is 11.3 Å². The number of piperidine rings is 1. The second-order valence-electron chi connectivity index (χ2n) is 11.4. The Morgan fingerprint density at radius 3 is 2.50 bits per heavy atom. The van der Waals surface area contributed by atoms with Crippen LogP contribution in [0.5, 0.6) is 5.75 Å². The van der Waals surface area contributed by atoms with Crippen LogP contribution in [-0.4, -0.2) is 79.3 Å². The maximum Gasteiger partial charge on any atom is 0.387 e. The topological polar surface area (TPSA) is 69.1 Å². The molecule has 10 heteroatoms. The molecule has 1 aromatic carbocycles. The van der Waals surface area contributed by atoms with Crippen molar-refractivity contribution < 1.29 is 23.4 Å². The van der Waals surface area contributed by atoms with Gasteiger partial charge in [0.2, 0.25) is 0 Å². The molecule has 0 saturated carbocycles. The first-order valence-electron chi connectivity index (χ1n) is 13.3. The van der Waals surface area contributed by atoms with Crippen molar-refractivity contribution in [3.63, 3.8) is 0 Å². The Kier molecular flexibility index (Phi) is 10.9. The van der Waals surface area contributed by atoms with Crippen molar-refractivity contribution in [2.45, 2.75) is 53.7 Å². The van der Waals surface area contributed by atoms with E-state index in [1.165, 1.54) is 12.8 Å². The molecular formula is C28H42F2N4O3S. The van der Waals surface area contributed by atoms with Gasteiger partial charge in [-0.1, -0.05) is 34.1 Å². The SMILES string of the molecule is CCC1CC(C(C)(C)C)CN(Cc2cnc(-c3cc(N4CCN(C)CC4)ccc3OC(F)F)s2)C1.O=CO. The molecular weight excluding hydrogens is 510 g/mol. The highest BCUT2D eigenvalue weighted by atomic mass is 32.1. The third kappa shape index (κ3) is 8.35. The van der Waals surface area contributed by atoms with E-state index in [2.05, 4.69) is 54.4 Å². The fourth-order valence-electron chi connectivity index (χ4n) is 5.23. The van der Waals surface area contributed by atoms with Gasteiger partial charge >= 0.3 is 6.61 Å². The highest BCUT2D eigenvalue weighted by molar-refractivity contribution is 7.15. The standard InChI is InChI=1S/C27H40F2N4OS.CH2O2/c1-6-19-13-20(27(2,3)4)17-32(16-19)18-22-15-30-25(35-22)23-14-21(7-8-24(23)34-26(28)29)33-11-9-31(5)10-12-33;2-1-3/h7-8,14-15,19-20,26H,6,9-13,16-18H2,1-5H3;1H,(H,2,3). The summed E-state index contributed by atoms with van der Waals surface area (Å²) in [5.74, 6) is 1.57. The summed E-state index contributed by atoms with van der Waals surface area (Å²) in [7, 11) is 2.12. The number of thiazole rings is 1. The number of halogens is 2. The number of likely N-dealkylation sites (tertiary alicyclic amines) is 1. The van der Waals surface area contributed by atoms with Crippen LogP contribution >= 0.6 is 11.3 Å². The third-order valence-corrected chi connectivity index (χ3v) is 8.64. The van der Waals surface area contributed by atoms with Crippen LogP contribution in [0.1, 0.15) is 45.4 Å². The number of ether oxygens (including phenoxy) is 1. The fourth-order valence-corrected chi connectivity index (χ4v) is 6.20. The van der Waals surface area contributed by atoms with Gasteiger partial charge in [0, 0.05) is 62.6 Å². The minimum Gasteiger partial charge on any atom is -0.483 e. The van der Waals surface area contributed by atoms with Crippen molar-refractivity contribution >= 4 is 23.5 Å². The molecule has 0 spiro atoms. The molecule has 2 atom stereocenters. The van der Waals surface area contributed by atoms with Crippen molar-refractivity contribution in [1.82, 2.24) is 14.8 Å². The van der Waals surface area contributed by atoms with Gasteiger partial charge in [-0.05, 0) is 48.9 Å². The smallest absolute Gasteiger partial charge is 0.387 e. The molecule has 2 fully saturated rings. The molecule has 2 unspecified atom stereocenters. The van der Waals surface area contributed by atoms with Gasteiger partial charge in [-0.2, -0.15) is 8.78 Å². The molecule has 0 bridgehead atoms. The van der Waals surface area contributed by atoms with Gasteiger partial charge in [0.15, 0.2) is 0 Å². The van der Waals surface area contributed by atoms with Crippen molar-refractivity contribution in [2.75, 3.05) is 51.2 Å². The summed E-state index contributed by atoms with van der Waals surface area (Å²) >= 11 is 1.59. The summed E-state index contributed by atoms with van der Waals surface area (Å²) in [5, 5.41) is 7.63. The average Bonchev–Trinajstić information content (AvgIpc) is 3.32. The van der Waals surface area contributed by atoms with Gasteiger partial charge in [0.25, 0.3) is 6.47 Å². The Balaban J connectivity index is 0.00000127. The van der Waals surface area contributed by atoms with Crippen LogP contribution in [0.2, 0.25) is 0 Å². The highest BCUT2D eigenvalue weighted by Gasteiger charge is 2.33. The quantitative estimate of drug-likeness (QED) is 0.438. The number of benzene rings is 1. The molecule has 7 nitrogen and oxygen atoms in total. The summed E-state index contributed by atoms with van der Waals surface area (Å²) in [6.45, 7) is 13.0. The molecule has 1 N–H and O–H groups in total. The van der Waals surface area contributed by atoms with Gasteiger partial charge in [-0.25, -0.2) is 4.98 Å². The molecule has 2 aromatic rings. The number of alkyl halides is 2. The predicted molar refractivity (Wildman–Crippen MR) is 149 cm³/mol. The van der Waals surface area contributed by atoms with Crippen molar-refractivity contribution in [3.05, 3.63) is 29.3 Å². The normalized spacial score (nSPS) is 21.2. The number of piperazine rings is 1. The highest BCUT2D eigenvalue weighted by Crippen LogP contribution is 2.39. The van der Waals surface area contributed by atoms with Crippen LogP contribution in [0.4, 0.5) is 14.5 Å². The molecule has 3 heterocycles. The van der Waals surface area contributed by atoms with Gasteiger partial charge < -0.3 is 19.6 Å². The van der Waals surface area contributed by atoms with E-state index >= 15 is 0 Å². The van der Waals surface area contributed by atoms with E-state index in [9.17, 15) is 8.78 Å². The molecule has 2 saturated heterocycles. The molecule has 38 heavy (non-hydrogen) atoms. The van der Waals surface area contributed by atoms with Gasteiger partial charge in [0.1, 0.15) is 10.8 Å². The Morgan fingerprint density at radius 1 is 1.21 bits per heavy atom. The first-order valence-corrected chi connectivity index (χ1v) is 14.1. The van der Waals surface area contributed by atoms with Crippen LogP contribution in [0, 0.1) is 17.3 Å². The lowest BCUT2D eigenvalue weighted by molar-refractivity contribution is -0.122. The van der Waals surface area contributed by atoms with E-state index < -0.39 is 6.61 Å². The van der Waals surface area contributed by atoms with Crippen LogP contribution in [0.25, 0.3) is 10.6 Å². The van der Waals surface area contributed by atoms with Crippen molar-refractivity contribution in [2.24, 2.45) is 17.3 Å².